The van der Waals surface area contributed by atoms with Gasteiger partial charge in [-0.05, 0) is 44.9 Å². The lowest BCUT2D eigenvalue weighted by atomic mass is 10.1. The Morgan fingerprint density at radius 1 is 1.26 bits per heavy atom. The molecule has 3 heterocycles. The first-order chi connectivity index (χ1) is 13.1. The van der Waals surface area contributed by atoms with Crippen LogP contribution in [0.5, 0.6) is 0 Å². The summed E-state index contributed by atoms with van der Waals surface area (Å²) in [5, 5.41) is 8.72. The van der Waals surface area contributed by atoms with Gasteiger partial charge in [0.1, 0.15) is 11.3 Å². The maximum atomic E-state index is 13.1. The number of pyridine rings is 1. The molecule has 1 N–H and O–H groups in total. The normalized spacial score (nSPS) is 15.3. The van der Waals surface area contributed by atoms with Gasteiger partial charge in [0.15, 0.2) is 0 Å². The number of carbonyl (C=O) groups is 1. The summed E-state index contributed by atoms with van der Waals surface area (Å²) < 4.78 is 11.2. The summed E-state index contributed by atoms with van der Waals surface area (Å²) in [5.41, 5.74) is 3.37. The molecular weight excluding hydrogens is 342 g/mol. The number of rotatable bonds is 4. The lowest BCUT2D eigenvalue weighted by Gasteiger charge is -2.12. The Kier molecular flexibility index (Phi) is 3.53. The molecule has 1 saturated carbocycles. The van der Waals surface area contributed by atoms with Gasteiger partial charge < -0.3 is 14.3 Å². The van der Waals surface area contributed by atoms with Gasteiger partial charge in [-0.15, -0.1) is 0 Å². The average molecular weight is 361 g/mol. The maximum Gasteiger partial charge on any atom is 0.259 e. The number of fused-ring (bicyclic) bond motifs is 2. The van der Waals surface area contributed by atoms with Crippen molar-refractivity contribution in [3.8, 4) is 0 Å². The maximum absolute atomic E-state index is 13.1. The summed E-state index contributed by atoms with van der Waals surface area (Å²) >= 11 is 0. The predicted molar refractivity (Wildman–Crippen MR) is 101 cm³/mol. The van der Waals surface area contributed by atoms with Crippen LogP contribution >= 0.6 is 0 Å². The van der Waals surface area contributed by atoms with Crippen molar-refractivity contribution in [2.75, 3.05) is 0 Å². The van der Waals surface area contributed by atoms with Gasteiger partial charge in [-0.25, -0.2) is 4.98 Å². The highest BCUT2D eigenvalue weighted by Crippen LogP contribution is 2.40. The zero-order valence-corrected chi connectivity index (χ0v) is 15.2. The van der Waals surface area contributed by atoms with Crippen LogP contribution in [0.3, 0.4) is 0 Å². The molecule has 136 valence electrons. The summed E-state index contributed by atoms with van der Waals surface area (Å²) in [4.78, 5) is 17.6. The van der Waals surface area contributed by atoms with E-state index in [-0.39, 0.29) is 11.9 Å². The van der Waals surface area contributed by atoms with E-state index in [1.54, 1.807) is 0 Å². The minimum Gasteiger partial charge on any atom is -0.459 e. The number of benzene rings is 1. The fourth-order valence-electron chi connectivity index (χ4n) is 3.44. The third-order valence-electron chi connectivity index (χ3n) is 5.10. The molecule has 1 aliphatic rings. The first-order valence-electron chi connectivity index (χ1n) is 9.16. The van der Waals surface area contributed by atoms with Gasteiger partial charge in [0.2, 0.25) is 0 Å². The predicted octanol–water partition coefficient (Wildman–Crippen LogP) is 4.65. The van der Waals surface area contributed by atoms with Crippen LogP contribution in [0, 0.1) is 6.92 Å². The largest absolute Gasteiger partial charge is 0.459 e. The SMILES string of the molecule is Cc1noc2nc(C3CC3)cc(C(=O)NC(C)c3cc4ccccc4o3)c12. The van der Waals surface area contributed by atoms with Gasteiger partial charge in [0, 0.05) is 17.0 Å². The Labute approximate surface area is 155 Å². The number of nitrogens with zero attached hydrogens (tertiary/aromatic N) is 2. The molecule has 27 heavy (non-hydrogen) atoms. The van der Waals surface area contributed by atoms with Crippen LogP contribution in [0.25, 0.3) is 22.1 Å². The average Bonchev–Trinajstić information content (AvgIpc) is 3.32. The Hall–Kier alpha value is -3.15. The topological polar surface area (TPSA) is 81.2 Å². The van der Waals surface area contributed by atoms with Gasteiger partial charge in [-0.1, -0.05) is 23.4 Å². The number of para-hydroxylation sites is 1. The van der Waals surface area contributed by atoms with Crippen molar-refractivity contribution in [1.82, 2.24) is 15.5 Å². The van der Waals surface area contributed by atoms with E-state index in [0.717, 1.165) is 35.3 Å². The summed E-state index contributed by atoms with van der Waals surface area (Å²) in [6, 6.07) is 11.4. The second kappa shape index (κ2) is 5.94. The number of aromatic nitrogens is 2. The Bertz CT molecular complexity index is 1140. The first kappa shape index (κ1) is 16.1. The second-order valence-corrected chi connectivity index (χ2v) is 7.20. The van der Waals surface area contributed by atoms with Crippen LogP contribution < -0.4 is 5.32 Å². The van der Waals surface area contributed by atoms with Gasteiger partial charge in [0.25, 0.3) is 11.6 Å². The minimum atomic E-state index is -0.266. The first-order valence-corrected chi connectivity index (χ1v) is 9.16. The molecule has 1 fully saturated rings. The lowest BCUT2D eigenvalue weighted by molar-refractivity contribution is 0.0937. The molecule has 3 aromatic heterocycles. The van der Waals surface area contributed by atoms with Crippen molar-refractivity contribution < 1.29 is 13.7 Å². The van der Waals surface area contributed by atoms with E-state index in [2.05, 4.69) is 15.5 Å². The van der Waals surface area contributed by atoms with Crippen LogP contribution in [-0.4, -0.2) is 16.0 Å². The molecule has 1 aliphatic carbocycles. The van der Waals surface area contributed by atoms with E-state index in [1.165, 1.54) is 0 Å². The highest BCUT2D eigenvalue weighted by Gasteiger charge is 2.29. The number of aryl methyl sites for hydroxylation is 1. The molecule has 1 amide bonds. The molecule has 1 atom stereocenters. The molecule has 6 nitrogen and oxygen atoms in total. The quantitative estimate of drug-likeness (QED) is 0.572. The van der Waals surface area contributed by atoms with Crippen LogP contribution in [0.15, 0.2) is 45.3 Å². The summed E-state index contributed by atoms with van der Waals surface area (Å²) in [5.74, 6) is 0.960. The van der Waals surface area contributed by atoms with Crippen LogP contribution in [0.1, 0.15) is 59.2 Å². The number of hydrogen-bond donors (Lipinski definition) is 1. The van der Waals surface area contributed by atoms with Crippen molar-refractivity contribution in [3.05, 3.63) is 59.1 Å². The lowest BCUT2D eigenvalue weighted by Crippen LogP contribution is -2.26. The smallest absolute Gasteiger partial charge is 0.259 e. The molecule has 0 aliphatic heterocycles. The zero-order valence-electron chi connectivity index (χ0n) is 15.2. The number of nitrogens with one attached hydrogen (secondary N) is 1. The third-order valence-corrected chi connectivity index (χ3v) is 5.10. The van der Waals surface area contributed by atoms with Crippen molar-refractivity contribution in [1.29, 1.82) is 0 Å². The summed E-state index contributed by atoms with van der Waals surface area (Å²) in [6.45, 7) is 3.74. The van der Waals surface area contributed by atoms with Gasteiger partial charge in [0.05, 0.1) is 22.7 Å². The fourth-order valence-corrected chi connectivity index (χ4v) is 3.44. The van der Waals surface area contributed by atoms with Gasteiger partial charge >= 0.3 is 0 Å². The van der Waals surface area contributed by atoms with E-state index in [4.69, 9.17) is 8.94 Å². The summed E-state index contributed by atoms with van der Waals surface area (Å²) in [6.07, 6.45) is 2.20. The minimum absolute atomic E-state index is 0.177. The molecular formula is C21H19N3O3. The number of carbonyl (C=O) groups excluding carboxylic acids is 1. The standard InChI is InChI=1S/C21H19N3O3/c1-11(18-9-14-5-3-4-6-17(14)26-18)22-20(25)15-10-16(13-7-8-13)23-21-19(15)12(2)24-27-21/h3-6,9-11,13H,7-8H2,1-2H3,(H,22,25). The molecule has 6 heteroatoms. The summed E-state index contributed by atoms with van der Waals surface area (Å²) in [7, 11) is 0. The molecule has 1 unspecified atom stereocenters. The zero-order chi connectivity index (χ0) is 18.5. The van der Waals surface area contributed by atoms with E-state index >= 15 is 0 Å². The fraction of sp³-hybridized carbons (Fsp3) is 0.286. The monoisotopic (exact) mass is 361 g/mol. The molecule has 0 spiro atoms. The molecule has 5 rings (SSSR count). The van der Waals surface area contributed by atoms with E-state index in [0.29, 0.717) is 28.3 Å². The van der Waals surface area contributed by atoms with Crippen LogP contribution in [-0.2, 0) is 0 Å². The molecule has 0 bridgehead atoms. The van der Waals surface area contributed by atoms with Crippen LogP contribution in [0.2, 0.25) is 0 Å². The Morgan fingerprint density at radius 2 is 2.07 bits per heavy atom. The molecule has 0 saturated heterocycles. The highest BCUT2D eigenvalue weighted by molar-refractivity contribution is 6.06. The van der Waals surface area contributed by atoms with Crippen molar-refractivity contribution >= 4 is 28.0 Å². The van der Waals surface area contributed by atoms with Crippen molar-refractivity contribution in [2.24, 2.45) is 0 Å². The Balaban J connectivity index is 1.49. The highest BCUT2D eigenvalue weighted by atomic mass is 16.5. The van der Waals surface area contributed by atoms with E-state index in [1.807, 2.05) is 50.2 Å². The van der Waals surface area contributed by atoms with Crippen LogP contribution in [0.4, 0.5) is 0 Å². The molecule has 0 radical (unpaired) electrons. The second-order valence-electron chi connectivity index (χ2n) is 7.20. The van der Waals surface area contributed by atoms with Gasteiger partial charge in [-0.3, -0.25) is 4.79 Å². The van der Waals surface area contributed by atoms with Gasteiger partial charge in [-0.2, -0.15) is 0 Å². The third kappa shape index (κ3) is 2.77. The van der Waals surface area contributed by atoms with Crippen molar-refractivity contribution in [3.63, 3.8) is 0 Å². The molecule has 4 aromatic rings. The number of amides is 1. The van der Waals surface area contributed by atoms with E-state index < -0.39 is 0 Å². The number of hydrogen-bond acceptors (Lipinski definition) is 5. The number of furan rings is 1. The Morgan fingerprint density at radius 3 is 2.85 bits per heavy atom. The van der Waals surface area contributed by atoms with E-state index in [9.17, 15) is 4.79 Å². The molecule has 1 aromatic carbocycles. The van der Waals surface area contributed by atoms with Crippen molar-refractivity contribution in [2.45, 2.75) is 38.6 Å².